The van der Waals surface area contributed by atoms with E-state index in [-0.39, 0.29) is 23.0 Å². The summed E-state index contributed by atoms with van der Waals surface area (Å²) in [5.74, 6) is -0.439. The molecule has 1 amide bonds. The van der Waals surface area contributed by atoms with E-state index in [0.29, 0.717) is 39.8 Å². The first-order valence-corrected chi connectivity index (χ1v) is 10.5. The SMILES string of the molecule is CNC.Cc1oc2c(F)c(O/C(=C/C=N)c3[nH]cc(C(=O)N4CCC4)c3C)ccc2c1C=O. The zero-order chi connectivity index (χ0) is 24.1. The number of hydrogen-bond donors (Lipinski definition) is 3. The number of nitrogens with zero attached hydrogens (tertiary/aromatic N) is 1. The highest BCUT2D eigenvalue weighted by atomic mass is 19.1. The Kier molecular flexibility index (Phi) is 7.44. The van der Waals surface area contributed by atoms with Crippen LogP contribution < -0.4 is 10.1 Å². The summed E-state index contributed by atoms with van der Waals surface area (Å²) >= 11 is 0. The minimum absolute atomic E-state index is 0.0711. The van der Waals surface area contributed by atoms with Crippen molar-refractivity contribution in [2.45, 2.75) is 20.3 Å². The van der Waals surface area contributed by atoms with Crippen LogP contribution in [0, 0.1) is 25.1 Å². The molecule has 0 aliphatic carbocycles. The van der Waals surface area contributed by atoms with Gasteiger partial charge >= 0.3 is 0 Å². The highest BCUT2D eigenvalue weighted by Gasteiger charge is 2.26. The van der Waals surface area contributed by atoms with Crippen molar-refractivity contribution in [1.29, 1.82) is 5.41 Å². The summed E-state index contributed by atoms with van der Waals surface area (Å²) in [6, 6.07) is 2.96. The lowest BCUT2D eigenvalue weighted by Crippen LogP contribution is -2.42. The Morgan fingerprint density at radius 1 is 1.30 bits per heavy atom. The van der Waals surface area contributed by atoms with Gasteiger partial charge in [-0.15, -0.1) is 0 Å². The number of furan rings is 1. The van der Waals surface area contributed by atoms with E-state index in [1.54, 1.807) is 31.0 Å². The van der Waals surface area contributed by atoms with Crippen LogP contribution >= 0.6 is 0 Å². The molecular weight excluding hydrogens is 427 g/mol. The molecule has 9 heteroatoms. The molecule has 3 heterocycles. The van der Waals surface area contributed by atoms with Gasteiger partial charge in [0.05, 0.1) is 16.8 Å². The van der Waals surface area contributed by atoms with Crippen LogP contribution in [0.5, 0.6) is 5.75 Å². The molecule has 2 aromatic heterocycles. The predicted molar refractivity (Wildman–Crippen MR) is 125 cm³/mol. The normalized spacial score (nSPS) is 13.2. The molecule has 0 unspecified atom stereocenters. The number of aromatic nitrogens is 1. The maximum atomic E-state index is 15.0. The van der Waals surface area contributed by atoms with Crippen molar-refractivity contribution in [2.24, 2.45) is 0 Å². The number of H-pyrrole nitrogens is 1. The summed E-state index contributed by atoms with van der Waals surface area (Å²) in [7, 11) is 3.75. The second kappa shape index (κ2) is 10.3. The Bertz CT molecular complexity index is 1220. The topological polar surface area (TPSA) is 111 Å². The second-order valence-electron chi connectivity index (χ2n) is 7.59. The van der Waals surface area contributed by atoms with E-state index in [1.807, 2.05) is 14.1 Å². The summed E-state index contributed by atoms with van der Waals surface area (Å²) in [5, 5.41) is 10.6. The quantitative estimate of drug-likeness (QED) is 0.295. The Morgan fingerprint density at radius 2 is 2.00 bits per heavy atom. The molecule has 4 rings (SSSR count). The van der Waals surface area contributed by atoms with E-state index in [9.17, 15) is 9.59 Å². The molecule has 1 aliphatic heterocycles. The molecule has 174 valence electrons. The van der Waals surface area contributed by atoms with Crippen molar-refractivity contribution in [1.82, 2.24) is 15.2 Å². The molecule has 33 heavy (non-hydrogen) atoms. The van der Waals surface area contributed by atoms with Crippen LogP contribution in [0.25, 0.3) is 16.7 Å². The van der Waals surface area contributed by atoms with E-state index in [1.165, 1.54) is 12.1 Å². The number of fused-ring (bicyclic) bond motifs is 1. The van der Waals surface area contributed by atoms with E-state index in [4.69, 9.17) is 14.6 Å². The van der Waals surface area contributed by atoms with Crippen LogP contribution in [0.1, 0.15) is 44.2 Å². The van der Waals surface area contributed by atoms with Gasteiger partial charge in [0.1, 0.15) is 5.76 Å². The summed E-state index contributed by atoms with van der Waals surface area (Å²) in [4.78, 5) is 28.5. The minimum Gasteiger partial charge on any atom is -0.457 e. The van der Waals surface area contributed by atoms with Gasteiger partial charge in [0.15, 0.2) is 23.4 Å². The number of likely N-dealkylation sites (tertiary alicyclic amines) is 1. The van der Waals surface area contributed by atoms with Gasteiger partial charge in [-0.3, -0.25) is 9.59 Å². The van der Waals surface area contributed by atoms with Gasteiger partial charge in [-0.25, -0.2) is 0 Å². The zero-order valence-electron chi connectivity index (χ0n) is 19.0. The van der Waals surface area contributed by atoms with Crippen LogP contribution in [-0.4, -0.2) is 55.5 Å². The molecule has 0 atom stereocenters. The van der Waals surface area contributed by atoms with Gasteiger partial charge in [0, 0.05) is 37.0 Å². The van der Waals surface area contributed by atoms with Crippen LogP contribution in [-0.2, 0) is 0 Å². The van der Waals surface area contributed by atoms with Gasteiger partial charge < -0.3 is 29.8 Å². The molecule has 0 bridgehead atoms. The van der Waals surface area contributed by atoms with Crippen LogP contribution in [0.2, 0.25) is 0 Å². The molecule has 0 spiro atoms. The third-order valence-corrected chi connectivity index (χ3v) is 5.32. The van der Waals surface area contributed by atoms with Crippen molar-refractivity contribution < 1.29 is 23.1 Å². The predicted octanol–water partition coefficient (Wildman–Crippen LogP) is 4.08. The monoisotopic (exact) mass is 454 g/mol. The Labute approximate surface area is 190 Å². The van der Waals surface area contributed by atoms with E-state index in [0.717, 1.165) is 25.7 Å². The highest BCUT2D eigenvalue weighted by Crippen LogP contribution is 2.34. The van der Waals surface area contributed by atoms with Crippen molar-refractivity contribution in [3.05, 3.63) is 58.4 Å². The summed E-state index contributed by atoms with van der Waals surface area (Å²) in [6.45, 7) is 4.82. The van der Waals surface area contributed by atoms with Gasteiger partial charge in [-0.05, 0) is 52.1 Å². The van der Waals surface area contributed by atoms with E-state index >= 15 is 4.39 Å². The Morgan fingerprint density at radius 3 is 2.58 bits per heavy atom. The number of amides is 1. The molecule has 8 nitrogen and oxygen atoms in total. The number of carbonyl (C=O) groups is 2. The largest absolute Gasteiger partial charge is 0.457 e. The first-order chi connectivity index (χ1) is 15.9. The minimum atomic E-state index is -0.749. The fourth-order valence-electron chi connectivity index (χ4n) is 3.50. The van der Waals surface area contributed by atoms with E-state index < -0.39 is 5.82 Å². The van der Waals surface area contributed by atoms with Crippen molar-refractivity contribution >= 4 is 35.1 Å². The average molecular weight is 455 g/mol. The fraction of sp³-hybridized carbons (Fsp3) is 0.292. The van der Waals surface area contributed by atoms with Crippen LogP contribution in [0.3, 0.4) is 0 Å². The molecular formula is C24H27FN4O4. The molecule has 3 aromatic rings. The lowest BCUT2D eigenvalue weighted by atomic mass is 10.1. The summed E-state index contributed by atoms with van der Waals surface area (Å²) in [6.07, 6.45) is 5.60. The Hall–Kier alpha value is -3.72. The zero-order valence-corrected chi connectivity index (χ0v) is 19.0. The number of aryl methyl sites for hydroxylation is 1. The highest BCUT2D eigenvalue weighted by molar-refractivity contribution is 5.99. The number of nitrogens with one attached hydrogen (secondary N) is 3. The summed E-state index contributed by atoms with van der Waals surface area (Å²) in [5.41, 5.74) is 1.86. The van der Waals surface area contributed by atoms with Crippen LogP contribution in [0.4, 0.5) is 4.39 Å². The first kappa shape index (κ1) is 23.9. The molecule has 1 fully saturated rings. The second-order valence-corrected chi connectivity index (χ2v) is 7.59. The smallest absolute Gasteiger partial charge is 0.255 e. The van der Waals surface area contributed by atoms with Crippen molar-refractivity contribution in [3.8, 4) is 5.75 Å². The molecule has 0 radical (unpaired) electrons. The number of allylic oxidation sites excluding steroid dienone is 1. The van der Waals surface area contributed by atoms with Gasteiger partial charge in [0.2, 0.25) is 5.82 Å². The fourth-order valence-corrected chi connectivity index (χ4v) is 3.50. The lowest BCUT2D eigenvalue weighted by Gasteiger charge is -2.30. The van der Waals surface area contributed by atoms with Gasteiger partial charge in [-0.2, -0.15) is 4.39 Å². The number of aldehydes is 1. The number of hydrogen-bond acceptors (Lipinski definition) is 6. The molecule has 1 aliphatic rings. The summed E-state index contributed by atoms with van der Waals surface area (Å²) < 4.78 is 26.2. The number of benzene rings is 1. The Balaban J connectivity index is 0.000000968. The average Bonchev–Trinajstić information content (AvgIpc) is 3.28. The van der Waals surface area contributed by atoms with E-state index in [2.05, 4.69) is 10.3 Å². The molecule has 1 aromatic carbocycles. The standard InChI is InChI=1S/C22H20FN3O4.C2H7N/c1-12-15(22(28)26-8-3-9-26)10-25-20(12)18(6-7-24)30-17-5-4-14-16(11-27)13(2)29-21(14)19(17)23;1-3-2/h4-7,10-11,24-25H,3,8-9H2,1-2H3;3H,1-2H3/b18-6+,24-7?;. The number of carbonyl (C=O) groups excluding carboxylic acids is 2. The van der Waals surface area contributed by atoms with Gasteiger partial charge in [0.25, 0.3) is 5.91 Å². The number of aromatic amines is 1. The molecule has 1 saturated heterocycles. The first-order valence-electron chi connectivity index (χ1n) is 10.5. The maximum absolute atomic E-state index is 15.0. The van der Waals surface area contributed by atoms with Crippen molar-refractivity contribution in [3.63, 3.8) is 0 Å². The third kappa shape index (κ3) is 4.58. The molecule has 0 saturated carbocycles. The number of halogens is 1. The number of rotatable bonds is 6. The van der Waals surface area contributed by atoms with Crippen LogP contribution in [0.15, 0.2) is 28.8 Å². The lowest BCUT2D eigenvalue weighted by molar-refractivity contribution is 0.0651. The van der Waals surface area contributed by atoms with Gasteiger partial charge in [-0.1, -0.05) is 0 Å². The molecule has 3 N–H and O–H groups in total. The third-order valence-electron chi connectivity index (χ3n) is 5.32. The number of ether oxygens (including phenoxy) is 1. The maximum Gasteiger partial charge on any atom is 0.255 e. The van der Waals surface area contributed by atoms with Crippen molar-refractivity contribution in [2.75, 3.05) is 27.2 Å².